The molecule has 160 valence electrons. The molecule has 1 saturated heterocycles. The summed E-state index contributed by atoms with van der Waals surface area (Å²) in [5.74, 6) is 0.291. The van der Waals surface area contributed by atoms with Crippen molar-refractivity contribution in [3.05, 3.63) is 58.6 Å². The van der Waals surface area contributed by atoms with Gasteiger partial charge in [0.1, 0.15) is 17.5 Å². The number of carbonyl (C=O) groups is 3. The van der Waals surface area contributed by atoms with E-state index in [1.54, 1.807) is 24.3 Å². The number of esters is 1. The second-order valence-corrected chi connectivity index (χ2v) is 8.01. The summed E-state index contributed by atoms with van der Waals surface area (Å²) < 4.78 is 10.4. The second kappa shape index (κ2) is 10.7. The normalized spacial score (nSPS) is 16.4. The Morgan fingerprint density at radius 1 is 1.20 bits per heavy atom. The minimum Gasteiger partial charge on any atom is -0.468 e. The summed E-state index contributed by atoms with van der Waals surface area (Å²) in [6.45, 7) is 0. The Morgan fingerprint density at radius 3 is 2.43 bits per heavy atom. The van der Waals surface area contributed by atoms with Gasteiger partial charge >= 0.3 is 5.97 Å². The van der Waals surface area contributed by atoms with Crippen molar-refractivity contribution < 1.29 is 23.9 Å². The van der Waals surface area contributed by atoms with Crippen LogP contribution in [0.15, 0.2) is 42.5 Å². The Morgan fingerprint density at radius 2 is 1.87 bits per heavy atom. The van der Waals surface area contributed by atoms with Crippen molar-refractivity contribution in [3.63, 3.8) is 0 Å². The van der Waals surface area contributed by atoms with Crippen molar-refractivity contribution in [2.45, 2.75) is 24.1 Å². The van der Waals surface area contributed by atoms with Crippen molar-refractivity contribution in [2.75, 3.05) is 7.11 Å². The molecule has 2 amide bonds. The molecule has 0 aromatic heterocycles. The van der Waals surface area contributed by atoms with E-state index in [4.69, 9.17) is 22.1 Å². The van der Waals surface area contributed by atoms with Gasteiger partial charge in [-0.25, -0.2) is 0 Å². The molecule has 1 fully saturated rings. The average molecular weight is 471 g/mol. The molecular formula is C20H20Cl2N2O5S. The molecule has 7 nitrogen and oxygen atoms in total. The number of nitrogens with one attached hydrogen (secondary N) is 1. The van der Waals surface area contributed by atoms with Crippen LogP contribution in [0.25, 0.3) is 0 Å². The molecule has 1 aliphatic heterocycles. The first-order chi connectivity index (χ1) is 13.9. The van der Waals surface area contributed by atoms with Gasteiger partial charge in [0.15, 0.2) is 0 Å². The molecule has 1 unspecified atom stereocenters. The third-order valence-corrected chi connectivity index (χ3v) is 5.57. The molecule has 30 heavy (non-hydrogen) atoms. The maximum Gasteiger partial charge on any atom is 0.322 e. The van der Waals surface area contributed by atoms with Crippen LogP contribution in [0, 0.1) is 0 Å². The summed E-state index contributed by atoms with van der Waals surface area (Å²) in [7, 11) is 1.30. The molecule has 2 atom stereocenters. The van der Waals surface area contributed by atoms with E-state index in [9.17, 15) is 14.4 Å². The fourth-order valence-corrected chi connectivity index (χ4v) is 3.91. The molecule has 3 N–H and O–H groups in total. The molecule has 0 bridgehead atoms. The van der Waals surface area contributed by atoms with Crippen LogP contribution in [0.5, 0.6) is 11.5 Å². The van der Waals surface area contributed by atoms with E-state index in [0.29, 0.717) is 29.4 Å². The largest absolute Gasteiger partial charge is 0.468 e. The highest BCUT2D eigenvalue weighted by atomic mass is 35.5. The number of imide groups is 1. The van der Waals surface area contributed by atoms with Crippen LogP contribution in [0.1, 0.15) is 11.1 Å². The van der Waals surface area contributed by atoms with E-state index >= 15 is 0 Å². The number of amides is 2. The Kier molecular flexibility index (Phi) is 8.54. The van der Waals surface area contributed by atoms with Gasteiger partial charge in [-0.2, -0.15) is 0 Å². The molecule has 2 aromatic rings. The SMILES string of the molecule is COC(=O)[C@H](N)Cc1ccc(Oc2ccc(CC3SC(=O)NC3=O)cc2Cl)cc1.Cl. The highest BCUT2D eigenvalue weighted by Crippen LogP contribution is 2.32. The Bertz CT molecular complexity index is 939. The zero-order valence-electron chi connectivity index (χ0n) is 15.9. The summed E-state index contributed by atoms with van der Waals surface area (Å²) in [5, 5.41) is 1.88. The fourth-order valence-electron chi connectivity index (χ4n) is 2.80. The van der Waals surface area contributed by atoms with E-state index < -0.39 is 17.3 Å². The summed E-state index contributed by atoms with van der Waals surface area (Å²) in [6.07, 6.45) is 0.759. The van der Waals surface area contributed by atoms with Gasteiger partial charge in [0.05, 0.1) is 17.4 Å². The predicted molar refractivity (Wildman–Crippen MR) is 118 cm³/mol. The molecule has 0 spiro atoms. The average Bonchev–Trinajstić information content (AvgIpc) is 3.01. The van der Waals surface area contributed by atoms with Crippen LogP contribution in [-0.4, -0.2) is 35.5 Å². The predicted octanol–water partition coefficient (Wildman–Crippen LogP) is 3.49. The van der Waals surface area contributed by atoms with Crippen molar-refractivity contribution in [2.24, 2.45) is 5.73 Å². The number of ether oxygens (including phenoxy) is 2. The smallest absolute Gasteiger partial charge is 0.322 e. The molecular weight excluding hydrogens is 451 g/mol. The van der Waals surface area contributed by atoms with E-state index in [0.717, 1.165) is 22.9 Å². The van der Waals surface area contributed by atoms with E-state index in [1.165, 1.54) is 7.11 Å². The van der Waals surface area contributed by atoms with Crippen molar-refractivity contribution in [3.8, 4) is 11.5 Å². The molecule has 0 aliphatic carbocycles. The fraction of sp³-hybridized carbons (Fsp3) is 0.250. The standard InChI is InChI=1S/C20H19ClN2O5S.ClH/c1-27-19(25)15(22)9-11-2-5-13(6-3-11)28-16-7-4-12(8-14(16)21)10-17-18(24)23-20(26)29-17;/h2-8,15,17H,9-10,22H2,1H3,(H,23,24,26);1H/t15-,17?;/m1./s1. The number of thioether (sulfide) groups is 1. The summed E-state index contributed by atoms with van der Waals surface area (Å²) >= 11 is 7.29. The highest BCUT2D eigenvalue weighted by molar-refractivity contribution is 8.15. The lowest BCUT2D eigenvalue weighted by Crippen LogP contribution is -2.33. The third-order valence-electron chi connectivity index (χ3n) is 4.30. The van der Waals surface area contributed by atoms with Crippen LogP contribution in [-0.2, 0) is 27.2 Å². The van der Waals surface area contributed by atoms with Gasteiger partial charge in [-0.1, -0.05) is 41.6 Å². The molecule has 1 aliphatic rings. The Hall–Kier alpha value is -2.26. The van der Waals surface area contributed by atoms with E-state index in [2.05, 4.69) is 10.1 Å². The van der Waals surface area contributed by atoms with Crippen LogP contribution in [0.3, 0.4) is 0 Å². The van der Waals surface area contributed by atoms with Gasteiger partial charge in [0, 0.05) is 0 Å². The maximum absolute atomic E-state index is 11.7. The minimum atomic E-state index is -0.718. The van der Waals surface area contributed by atoms with Gasteiger partial charge in [-0.3, -0.25) is 19.7 Å². The number of rotatable bonds is 7. The van der Waals surface area contributed by atoms with Gasteiger partial charge in [0.2, 0.25) is 5.91 Å². The number of benzene rings is 2. The first-order valence-electron chi connectivity index (χ1n) is 8.76. The number of nitrogens with two attached hydrogens (primary N) is 1. The highest BCUT2D eigenvalue weighted by Gasteiger charge is 2.31. The van der Waals surface area contributed by atoms with Crippen LogP contribution < -0.4 is 15.8 Å². The minimum absolute atomic E-state index is 0. The topological polar surface area (TPSA) is 108 Å². The quantitative estimate of drug-likeness (QED) is 0.596. The molecule has 2 aromatic carbocycles. The molecule has 3 rings (SSSR count). The summed E-state index contributed by atoms with van der Waals surface area (Å²) in [6, 6.07) is 11.7. The maximum atomic E-state index is 11.7. The summed E-state index contributed by atoms with van der Waals surface area (Å²) in [5.41, 5.74) is 7.47. The Balaban J connectivity index is 0.00000320. The van der Waals surface area contributed by atoms with Crippen LogP contribution in [0.4, 0.5) is 4.79 Å². The zero-order chi connectivity index (χ0) is 21.0. The molecule has 10 heteroatoms. The van der Waals surface area contributed by atoms with Gasteiger partial charge in [-0.15, -0.1) is 12.4 Å². The van der Waals surface area contributed by atoms with Gasteiger partial charge < -0.3 is 15.2 Å². The number of carbonyl (C=O) groups excluding carboxylic acids is 3. The number of methoxy groups -OCH3 is 1. The zero-order valence-corrected chi connectivity index (χ0v) is 18.3. The van der Waals surface area contributed by atoms with Gasteiger partial charge in [-0.05, 0) is 48.2 Å². The van der Waals surface area contributed by atoms with Crippen molar-refractivity contribution in [1.82, 2.24) is 5.32 Å². The van der Waals surface area contributed by atoms with Crippen LogP contribution >= 0.6 is 35.8 Å². The number of hydrogen-bond donors (Lipinski definition) is 2. The van der Waals surface area contributed by atoms with E-state index in [-0.39, 0.29) is 23.6 Å². The number of hydrogen-bond acceptors (Lipinski definition) is 7. The molecule has 1 heterocycles. The third kappa shape index (κ3) is 6.12. The first-order valence-corrected chi connectivity index (χ1v) is 10.0. The number of halogens is 2. The van der Waals surface area contributed by atoms with E-state index in [1.807, 2.05) is 18.2 Å². The lowest BCUT2D eigenvalue weighted by atomic mass is 10.1. The first kappa shape index (κ1) is 24.0. The van der Waals surface area contributed by atoms with Gasteiger partial charge in [0.25, 0.3) is 5.24 Å². The lowest BCUT2D eigenvalue weighted by molar-refractivity contribution is -0.142. The Labute approximate surface area is 189 Å². The van der Waals surface area contributed by atoms with Crippen molar-refractivity contribution >= 4 is 52.9 Å². The van der Waals surface area contributed by atoms with Crippen LogP contribution in [0.2, 0.25) is 5.02 Å². The molecule has 0 radical (unpaired) electrons. The van der Waals surface area contributed by atoms with Crippen molar-refractivity contribution in [1.29, 1.82) is 0 Å². The monoisotopic (exact) mass is 470 g/mol. The molecule has 0 saturated carbocycles. The lowest BCUT2D eigenvalue weighted by Gasteiger charge is -2.12. The summed E-state index contributed by atoms with van der Waals surface area (Å²) in [4.78, 5) is 34.4. The second-order valence-electron chi connectivity index (χ2n) is 6.43.